The smallest absolute Gasteiger partial charge is 0.275 e. The fraction of sp³-hybridized carbons (Fsp3) is 0.250. The van der Waals surface area contributed by atoms with Gasteiger partial charge in [0.1, 0.15) is 5.69 Å². The van der Waals surface area contributed by atoms with Crippen LogP contribution >= 0.6 is 0 Å². The first kappa shape index (κ1) is 20.7. The highest BCUT2D eigenvalue weighted by atomic mass is 16.2. The van der Waals surface area contributed by atoms with Gasteiger partial charge in [-0.05, 0) is 57.2 Å². The van der Waals surface area contributed by atoms with Crippen LogP contribution in [0, 0.1) is 0 Å². The van der Waals surface area contributed by atoms with Crippen molar-refractivity contribution in [3.63, 3.8) is 0 Å². The molecule has 1 aromatic heterocycles. The third-order valence-electron chi connectivity index (χ3n) is 5.37. The highest BCUT2D eigenvalue weighted by Crippen LogP contribution is 2.19. The van der Waals surface area contributed by atoms with Gasteiger partial charge in [-0.15, -0.1) is 0 Å². The van der Waals surface area contributed by atoms with Crippen molar-refractivity contribution in [1.82, 2.24) is 20.2 Å². The number of benzene rings is 2. The summed E-state index contributed by atoms with van der Waals surface area (Å²) in [4.78, 5) is 36.2. The molecule has 7 nitrogen and oxygen atoms in total. The van der Waals surface area contributed by atoms with Crippen molar-refractivity contribution < 1.29 is 9.59 Å². The normalized spacial score (nSPS) is 14.7. The van der Waals surface area contributed by atoms with Gasteiger partial charge in [0, 0.05) is 22.9 Å². The number of rotatable bonds is 5. The highest BCUT2D eigenvalue weighted by molar-refractivity contribution is 6.03. The van der Waals surface area contributed by atoms with E-state index in [-0.39, 0.29) is 23.6 Å². The molecule has 1 saturated heterocycles. The quantitative estimate of drug-likeness (QED) is 0.668. The van der Waals surface area contributed by atoms with Crippen molar-refractivity contribution in [2.45, 2.75) is 18.9 Å². The number of aromatic nitrogens is 2. The van der Waals surface area contributed by atoms with Crippen molar-refractivity contribution >= 4 is 17.5 Å². The second-order valence-electron chi connectivity index (χ2n) is 7.74. The minimum absolute atomic E-state index is 0.0951. The standard InChI is InChI=1S/C24H25N5O2/c1-29-12-10-20(11-13-29)26-23(30)18-7-5-6-17(14-18)21-15-25-16-22(28-21)24(31)27-19-8-3-2-4-9-19/h2-9,14-16,20H,10-13H2,1H3,(H,26,30)(H,27,31). The van der Waals surface area contributed by atoms with E-state index >= 15 is 0 Å². The summed E-state index contributed by atoms with van der Waals surface area (Å²) in [7, 11) is 2.09. The molecule has 2 heterocycles. The average molecular weight is 415 g/mol. The van der Waals surface area contributed by atoms with Gasteiger partial charge >= 0.3 is 0 Å². The first-order valence-corrected chi connectivity index (χ1v) is 10.4. The molecule has 7 heteroatoms. The molecule has 4 rings (SSSR count). The first-order chi connectivity index (χ1) is 15.1. The molecule has 0 saturated carbocycles. The van der Waals surface area contributed by atoms with Gasteiger partial charge in [-0.2, -0.15) is 0 Å². The van der Waals surface area contributed by atoms with E-state index in [0.717, 1.165) is 31.5 Å². The Morgan fingerprint density at radius 2 is 1.74 bits per heavy atom. The maximum atomic E-state index is 12.7. The van der Waals surface area contributed by atoms with E-state index in [0.29, 0.717) is 16.9 Å². The first-order valence-electron chi connectivity index (χ1n) is 10.4. The summed E-state index contributed by atoms with van der Waals surface area (Å²) in [5, 5.41) is 5.93. The van der Waals surface area contributed by atoms with Crippen LogP contribution in [-0.4, -0.2) is 52.9 Å². The third kappa shape index (κ3) is 5.32. The fourth-order valence-electron chi connectivity index (χ4n) is 3.57. The molecule has 0 radical (unpaired) electrons. The highest BCUT2D eigenvalue weighted by Gasteiger charge is 2.19. The van der Waals surface area contributed by atoms with E-state index in [2.05, 4.69) is 32.5 Å². The van der Waals surface area contributed by atoms with Gasteiger partial charge in [0.15, 0.2) is 0 Å². The zero-order valence-electron chi connectivity index (χ0n) is 17.4. The van der Waals surface area contributed by atoms with Crippen LogP contribution < -0.4 is 10.6 Å². The monoisotopic (exact) mass is 415 g/mol. The van der Waals surface area contributed by atoms with E-state index < -0.39 is 0 Å². The van der Waals surface area contributed by atoms with E-state index in [1.807, 2.05) is 42.5 Å². The molecule has 0 spiro atoms. The molecule has 2 N–H and O–H groups in total. The van der Waals surface area contributed by atoms with Gasteiger partial charge in [0.25, 0.3) is 11.8 Å². The van der Waals surface area contributed by atoms with Crippen molar-refractivity contribution in [3.8, 4) is 11.3 Å². The number of likely N-dealkylation sites (tertiary alicyclic amines) is 1. The zero-order chi connectivity index (χ0) is 21.6. The SMILES string of the molecule is CN1CCC(NC(=O)c2cccc(-c3cncc(C(=O)Nc4ccccc4)n3)c2)CC1. The molecule has 0 atom stereocenters. The Hall–Kier alpha value is -3.58. The van der Waals surface area contributed by atoms with Crippen LogP contribution in [-0.2, 0) is 0 Å². The van der Waals surface area contributed by atoms with E-state index in [1.54, 1.807) is 18.3 Å². The van der Waals surface area contributed by atoms with E-state index in [1.165, 1.54) is 6.20 Å². The average Bonchev–Trinajstić information content (AvgIpc) is 2.81. The third-order valence-corrected chi connectivity index (χ3v) is 5.37. The maximum Gasteiger partial charge on any atom is 0.275 e. The minimum atomic E-state index is -0.336. The van der Waals surface area contributed by atoms with E-state index in [9.17, 15) is 9.59 Å². The summed E-state index contributed by atoms with van der Waals surface area (Å²) in [6, 6.07) is 16.6. The summed E-state index contributed by atoms with van der Waals surface area (Å²) in [5.41, 5.74) is 2.74. The second kappa shape index (κ2) is 9.49. The van der Waals surface area contributed by atoms with Crippen LogP contribution in [0.1, 0.15) is 33.7 Å². The molecule has 1 aliphatic heterocycles. The Morgan fingerprint density at radius 3 is 2.52 bits per heavy atom. The molecule has 0 aliphatic carbocycles. The van der Waals surface area contributed by atoms with Gasteiger partial charge in [-0.25, -0.2) is 4.98 Å². The molecule has 2 aromatic carbocycles. The summed E-state index contributed by atoms with van der Waals surface area (Å²) in [5.74, 6) is -0.431. The Kier molecular flexibility index (Phi) is 6.33. The molecule has 31 heavy (non-hydrogen) atoms. The van der Waals surface area contributed by atoms with Crippen LogP contribution in [0.25, 0.3) is 11.3 Å². The summed E-state index contributed by atoms with van der Waals surface area (Å²) < 4.78 is 0. The van der Waals surface area contributed by atoms with Crippen molar-refractivity contribution in [2.24, 2.45) is 0 Å². The number of piperidine rings is 1. The second-order valence-corrected chi connectivity index (χ2v) is 7.74. The molecular weight excluding hydrogens is 390 g/mol. The van der Waals surface area contributed by atoms with Gasteiger partial charge in [0.2, 0.25) is 0 Å². The molecule has 158 valence electrons. The van der Waals surface area contributed by atoms with Gasteiger partial charge in [0.05, 0.1) is 18.1 Å². The lowest BCUT2D eigenvalue weighted by molar-refractivity contribution is 0.0916. The van der Waals surface area contributed by atoms with Gasteiger partial charge in [-0.1, -0.05) is 30.3 Å². The number of nitrogens with one attached hydrogen (secondary N) is 2. The van der Waals surface area contributed by atoms with Crippen LogP contribution in [0.5, 0.6) is 0 Å². The molecular formula is C24H25N5O2. The van der Waals surface area contributed by atoms with Crippen LogP contribution in [0.4, 0.5) is 5.69 Å². The van der Waals surface area contributed by atoms with Crippen molar-refractivity contribution in [1.29, 1.82) is 0 Å². The van der Waals surface area contributed by atoms with Gasteiger partial charge in [-0.3, -0.25) is 14.6 Å². The molecule has 3 aromatic rings. The number of amides is 2. The zero-order valence-corrected chi connectivity index (χ0v) is 17.4. The number of para-hydroxylation sites is 1. The lowest BCUT2D eigenvalue weighted by Crippen LogP contribution is -2.43. The topological polar surface area (TPSA) is 87.2 Å². The molecule has 1 aliphatic rings. The number of carbonyl (C=O) groups is 2. The minimum Gasteiger partial charge on any atom is -0.349 e. The number of nitrogens with zero attached hydrogens (tertiary/aromatic N) is 3. The number of anilines is 1. The molecule has 1 fully saturated rings. The van der Waals surface area contributed by atoms with Crippen LogP contribution in [0.15, 0.2) is 67.0 Å². The Balaban J connectivity index is 1.48. The van der Waals surface area contributed by atoms with Crippen molar-refractivity contribution in [3.05, 3.63) is 78.2 Å². The Labute approximate surface area is 181 Å². The lowest BCUT2D eigenvalue weighted by Gasteiger charge is -2.29. The number of hydrogen-bond donors (Lipinski definition) is 2. The maximum absolute atomic E-state index is 12.7. The summed E-state index contributed by atoms with van der Waals surface area (Å²) >= 11 is 0. The number of carbonyl (C=O) groups excluding carboxylic acids is 2. The van der Waals surface area contributed by atoms with Crippen LogP contribution in [0.2, 0.25) is 0 Å². The van der Waals surface area contributed by atoms with Crippen molar-refractivity contribution in [2.75, 3.05) is 25.5 Å². The molecule has 0 unspecified atom stereocenters. The largest absolute Gasteiger partial charge is 0.349 e. The molecule has 0 bridgehead atoms. The lowest BCUT2D eigenvalue weighted by atomic mass is 10.0. The fourth-order valence-corrected chi connectivity index (χ4v) is 3.57. The number of hydrogen-bond acceptors (Lipinski definition) is 5. The predicted molar refractivity (Wildman–Crippen MR) is 120 cm³/mol. The van der Waals surface area contributed by atoms with Crippen LogP contribution in [0.3, 0.4) is 0 Å². The van der Waals surface area contributed by atoms with E-state index in [4.69, 9.17) is 0 Å². The predicted octanol–water partition coefficient (Wildman–Crippen LogP) is 3.22. The summed E-state index contributed by atoms with van der Waals surface area (Å²) in [6.45, 7) is 1.97. The Morgan fingerprint density at radius 1 is 0.968 bits per heavy atom. The Bertz CT molecular complexity index is 1060. The van der Waals surface area contributed by atoms with Gasteiger partial charge < -0.3 is 15.5 Å². The molecule has 2 amide bonds. The summed E-state index contributed by atoms with van der Waals surface area (Å²) in [6.07, 6.45) is 4.92.